The molecular formula is C17H21NO. The van der Waals surface area contributed by atoms with E-state index in [4.69, 9.17) is 10.2 Å². The van der Waals surface area contributed by atoms with Crippen LogP contribution < -0.4 is 5.73 Å². The van der Waals surface area contributed by atoms with Gasteiger partial charge in [-0.2, -0.15) is 0 Å². The molecule has 2 N–H and O–H groups in total. The fourth-order valence-corrected chi connectivity index (χ4v) is 2.96. The van der Waals surface area contributed by atoms with E-state index in [0.29, 0.717) is 0 Å². The predicted octanol–water partition coefficient (Wildman–Crippen LogP) is 3.72. The Morgan fingerprint density at radius 1 is 1.16 bits per heavy atom. The van der Waals surface area contributed by atoms with E-state index in [1.807, 2.05) is 6.92 Å². The molecule has 0 bridgehead atoms. The number of hydrogen-bond acceptors (Lipinski definition) is 2. The van der Waals surface area contributed by atoms with Crippen LogP contribution in [0.3, 0.4) is 0 Å². The van der Waals surface area contributed by atoms with Gasteiger partial charge < -0.3 is 10.2 Å². The Morgan fingerprint density at radius 3 is 2.84 bits per heavy atom. The highest BCUT2D eigenvalue weighted by Crippen LogP contribution is 2.32. The summed E-state index contributed by atoms with van der Waals surface area (Å²) >= 11 is 0. The van der Waals surface area contributed by atoms with Crippen molar-refractivity contribution < 1.29 is 4.42 Å². The van der Waals surface area contributed by atoms with Crippen LogP contribution in [0.2, 0.25) is 0 Å². The van der Waals surface area contributed by atoms with Gasteiger partial charge in [-0.15, -0.1) is 0 Å². The summed E-state index contributed by atoms with van der Waals surface area (Å²) in [4.78, 5) is 0. The summed E-state index contributed by atoms with van der Waals surface area (Å²) < 4.78 is 5.97. The van der Waals surface area contributed by atoms with Crippen LogP contribution in [0.25, 0.3) is 11.3 Å². The molecule has 19 heavy (non-hydrogen) atoms. The second kappa shape index (κ2) is 5.22. The molecule has 1 aliphatic carbocycles. The Balaban J connectivity index is 1.95. The number of fused-ring (bicyclic) bond motifs is 1. The summed E-state index contributed by atoms with van der Waals surface area (Å²) in [5.41, 5.74) is 10.1. The van der Waals surface area contributed by atoms with Crippen molar-refractivity contribution in [2.45, 2.75) is 45.1 Å². The van der Waals surface area contributed by atoms with Gasteiger partial charge >= 0.3 is 0 Å². The minimum Gasteiger partial charge on any atom is -0.461 e. The largest absolute Gasteiger partial charge is 0.461 e. The number of hydrogen-bond donors (Lipinski definition) is 1. The van der Waals surface area contributed by atoms with E-state index in [9.17, 15) is 0 Å². The molecule has 1 atom stereocenters. The lowest BCUT2D eigenvalue weighted by atomic mass is 9.87. The quantitative estimate of drug-likeness (QED) is 0.908. The van der Waals surface area contributed by atoms with E-state index in [1.54, 1.807) is 0 Å². The third kappa shape index (κ3) is 2.59. The van der Waals surface area contributed by atoms with Crippen LogP contribution in [0.5, 0.6) is 0 Å². The summed E-state index contributed by atoms with van der Waals surface area (Å²) in [7, 11) is 0. The maximum atomic E-state index is 5.97. The highest BCUT2D eigenvalue weighted by atomic mass is 16.3. The number of furan rings is 1. The van der Waals surface area contributed by atoms with Crippen LogP contribution in [0.4, 0.5) is 0 Å². The molecule has 0 saturated heterocycles. The third-order valence-corrected chi connectivity index (χ3v) is 3.85. The Hall–Kier alpha value is -1.54. The first-order chi connectivity index (χ1) is 9.24. The molecule has 0 fully saturated rings. The number of benzene rings is 1. The molecule has 1 unspecified atom stereocenters. The van der Waals surface area contributed by atoms with E-state index in [0.717, 1.165) is 17.9 Å². The molecule has 1 aliphatic rings. The first-order valence-corrected chi connectivity index (χ1v) is 7.19. The lowest BCUT2D eigenvalue weighted by Crippen LogP contribution is -2.17. The van der Waals surface area contributed by atoms with Gasteiger partial charge in [-0.3, -0.25) is 0 Å². The molecule has 0 radical (unpaired) electrons. The second-order valence-electron chi connectivity index (χ2n) is 5.60. The number of nitrogens with two attached hydrogens (primary N) is 1. The molecule has 100 valence electrons. The SMILES string of the molecule is CC(N)Cc1ccc(-c2cccc3c2CCCC3)o1. The van der Waals surface area contributed by atoms with Gasteiger partial charge in [0.1, 0.15) is 11.5 Å². The zero-order chi connectivity index (χ0) is 13.2. The van der Waals surface area contributed by atoms with Crippen LogP contribution in [-0.2, 0) is 19.3 Å². The van der Waals surface area contributed by atoms with Gasteiger partial charge in [-0.25, -0.2) is 0 Å². The maximum Gasteiger partial charge on any atom is 0.134 e. The van der Waals surface area contributed by atoms with E-state index >= 15 is 0 Å². The van der Waals surface area contributed by atoms with Crippen molar-refractivity contribution in [3.05, 3.63) is 47.2 Å². The fourth-order valence-electron chi connectivity index (χ4n) is 2.96. The van der Waals surface area contributed by atoms with Crippen LogP contribution in [0.1, 0.15) is 36.7 Å². The molecule has 2 heteroatoms. The molecule has 0 aliphatic heterocycles. The Morgan fingerprint density at radius 2 is 2.00 bits per heavy atom. The van der Waals surface area contributed by atoms with Gasteiger partial charge in [-0.1, -0.05) is 18.2 Å². The van der Waals surface area contributed by atoms with Crippen molar-refractivity contribution in [3.8, 4) is 11.3 Å². The van der Waals surface area contributed by atoms with Crippen LogP contribution in [0.15, 0.2) is 34.7 Å². The van der Waals surface area contributed by atoms with Crippen LogP contribution in [-0.4, -0.2) is 6.04 Å². The summed E-state index contributed by atoms with van der Waals surface area (Å²) in [6.45, 7) is 2.01. The second-order valence-corrected chi connectivity index (χ2v) is 5.60. The van der Waals surface area contributed by atoms with E-state index in [2.05, 4.69) is 30.3 Å². The Kier molecular flexibility index (Phi) is 3.43. The van der Waals surface area contributed by atoms with Crippen molar-refractivity contribution in [1.82, 2.24) is 0 Å². The highest BCUT2D eigenvalue weighted by Gasteiger charge is 2.16. The van der Waals surface area contributed by atoms with Gasteiger partial charge in [0.25, 0.3) is 0 Å². The average molecular weight is 255 g/mol. The molecular weight excluding hydrogens is 234 g/mol. The molecule has 1 heterocycles. The molecule has 0 saturated carbocycles. The zero-order valence-electron chi connectivity index (χ0n) is 11.5. The van der Waals surface area contributed by atoms with Crippen molar-refractivity contribution in [3.63, 3.8) is 0 Å². The molecule has 3 rings (SSSR count). The summed E-state index contributed by atoms with van der Waals surface area (Å²) in [5.74, 6) is 1.98. The van der Waals surface area contributed by atoms with Crippen molar-refractivity contribution in [1.29, 1.82) is 0 Å². The molecule has 0 spiro atoms. The number of aryl methyl sites for hydroxylation is 1. The monoisotopic (exact) mass is 255 g/mol. The van der Waals surface area contributed by atoms with Crippen molar-refractivity contribution in [2.24, 2.45) is 5.73 Å². The van der Waals surface area contributed by atoms with Gasteiger partial charge in [0.2, 0.25) is 0 Å². The normalized spacial score (nSPS) is 16.1. The minimum atomic E-state index is 0.142. The van der Waals surface area contributed by atoms with Crippen molar-refractivity contribution >= 4 is 0 Å². The standard InChI is InChI=1S/C17H21NO/c1-12(18)11-14-9-10-17(19-14)16-8-4-6-13-5-2-3-7-15(13)16/h4,6,8-10,12H,2-3,5,7,11,18H2,1H3. The Bertz CT molecular complexity index is 568. The van der Waals surface area contributed by atoms with Gasteiger partial charge in [0.15, 0.2) is 0 Å². The minimum absolute atomic E-state index is 0.142. The topological polar surface area (TPSA) is 39.2 Å². The lowest BCUT2D eigenvalue weighted by Gasteiger charge is -2.18. The molecule has 1 aromatic carbocycles. The first kappa shape index (κ1) is 12.5. The zero-order valence-corrected chi connectivity index (χ0v) is 11.5. The first-order valence-electron chi connectivity index (χ1n) is 7.19. The van der Waals surface area contributed by atoms with E-state index < -0.39 is 0 Å². The lowest BCUT2D eigenvalue weighted by molar-refractivity contribution is 0.502. The van der Waals surface area contributed by atoms with Crippen LogP contribution in [0, 0.1) is 0 Å². The van der Waals surface area contributed by atoms with Gasteiger partial charge in [0.05, 0.1) is 0 Å². The average Bonchev–Trinajstić information content (AvgIpc) is 2.85. The Labute approximate surface area is 114 Å². The molecule has 2 aromatic rings. The van der Waals surface area contributed by atoms with E-state index in [1.165, 1.54) is 42.4 Å². The predicted molar refractivity (Wildman–Crippen MR) is 78.1 cm³/mol. The summed E-state index contributed by atoms with van der Waals surface area (Å²) in [6, 6.07) is 10.9. The third-order valence-electron chi connectivity index (χ3n) is 3.85. The van der Waals surface area contributed by atoms with E-state index in [-0.39, 0.29) is 6.04 Å². The van der Waals surface area contributed by atoms with Crippen molar-refractivity contribution in [2.75, 3.05) is 0 Å². The maximum absolute atomic E-state index is 5.97. The molecule has 2 nitrogen and oxygen atoms in total. The molecule has 0 amide bonds. The summed E-state index contributed by atoms with van der Waals surface area (Å²) in [6.07, 6.45) is 5.78. The smallest absolute Gasteiger partial charge is 0.134 e. The van der Waals surface area contributed by atoms with Gasteiger partial charge in [0, 0.05) is 18.0 Å². The van der Waals surface area contributed by atoms with Crippen LogP contribution >= 0.6 is 0 Å². The number of rotatable bonds is 3. The fraction of sp³-hybridized carbons (Fsp3) is 0.412. The van der Waals surface area contributed by atoms with Gasteiger partial charge in [-0.05, 0) is 55.9 Å². The molecule has 1 aromatic heterocycles. The summed E-state index contributed by atoms with van der Waals surface area (Å²) in [5, 5.41) is 0. The highest BCUT2D eigenvalue weighted by molar-refractivity contribution is 5.64.